The Morgan fingerprint density at radius 1 is 0.714 bits per heavy atom. The predicted molar refractivity (Wildman–Crippen MR) is 57.5 cm³/mol. The van der Waals surface area contributed by atoms with Crippen molar-refractivity contribution in [2.24, 2.45) is 0 Å². The molecule has 2 heteroatoms. The normalized spacial score (nSPS) is 7.43. The molecule has 68 valence electrons. The van der Waals surface area contributed by atoms with Gasteiger partial charge in [0.25, 0.3) is 0 Å². The van der Waals surface area contributed by atoms with Crippen molar-refractivity contribution in [1.82, 2.24) is 0 Å². The Morgan fingerprint density at radius 2 is 0.929 bits per heavy atom. The van der Waals surface area contributed by atoms with E-state index in [2.05, 4.69) is 48.5 Å². The zero-order chi connectivity index (χ0) is 8.81. The molecular formula is C12H13NaO. The third kappa shape index (κ3) is 4.05. The molecule has 0 heterocycles. The van der Waals surface area contributed by atoms with Gasteiger partial charge in [-0.15, -0.1) is 0 Å². The summed E-state index contributed by atoms with van der Waals surface area (Å²) in [6, 6.07) is 16.7. The van der Waals surface area contributed by atoms with E-state index in [1.54, 1.807) is 0 Å². The van der Waals surface area contributed by atoms with Crippen LogP contribution in [0.15, 0.2) is 48.5 Å². The van der Waals surface area contributed by atoms with Crippen LogP contribution in [0.25, 0.3) is 10.8 Å². The molecule has 0 N–H and O–H groups in total. The second kappa shape index (κ2) is 8.95. The number of rotatable bonds is 0. The standard InChI is InChI=1S/C10H8.CH2O.CH3.Na/c1-2-6-10-8-4-3-7-9(10)5-1;1-2;;/h1-8H;1H2;1H3;/q;;-1;+1. The molecule has 14 heavy (non-hydrogen) atoms. The maximum atomic E-state index is 8.00. The molecule has 0 saturated heterocycles. The molecule has 2 aromatic rings. The molecule has 0 atom stereocenters. The van der Waals surface area contributed by atoms with Crippen molar-refractivity contribution in [2.75, 3.05) is 0 Å². The van der Waals surface area contributed by atoms with E-state index in [1.165, 1.54) is 10.8 Å². The Labute approximate surface area is 107 Å². The van der Waals surface area contributed by atoms with Crippen molar-refractivity contribution < 1.29 is 34.4 Å². The summed E-state index contributed by atoms with van der Waals surface area (Å²) in [4.78, 5) is 8.00. The van der Waals surface area contributed by atoms with E-state index >= 15 is 0 Å². The number of carbonyl (C=O) groups is 1. The molecule has 2 aromatic carbocycles. The molecule has 0 aliphatic heterocycles. The van der Waals surface area contributed by atoms with Crippen LogP contribution >= 0.6 is 0 Å². The summed E-state index contributed by atoms with van der Waals surface area (Å²) in [6.45, 7) is 2.00. The first kappa shape index (κ1) is 15.8. The number of hydrogen-bond donors (Lipinski definition) is 0. The van der Waals surface area contributed by atoms with Crippen LogP contribution in [-0.2, 0) is 4.79 Å². The number of hydrogen-bond acceptors (Lipinski definition) is 1. The van der Waals surface area contributed by atoms with Crippen LogP contribution in [0, 0.1) is 7.43 Å². The first-order valence-electron chi connectivity index (χ1n) is 3.69. The molecule has 0 spiro atoms. The van der Waals surface area contributed by atoms with E-state index in [1.807, 2.05) is 6.79 Å². The number of carbonyl (C=O) groups excluding carboxylic acids is 1. The Kier molecular flexibility index (Phi) is 10.1. The molecular weight excluding hydrogens is 183 g/mol. The van der Waals surface area contributed by atoms with E-state index in [4.69, 9.17) is 4.79 Å². The summed E-state index contributed by atoms with van der Waals surface area (Å²) in [6.07, 6.45) is 0. The summed E-state index contributed by atoms with van der Waals surface area (Å²) in [5, 5.41) is 2.62. The van der Waals surface area contributed by atoms with Gasteiger partial charge < -0.3 is 12.2 Å². The topological polar surface area (TPSA) is 17.1 Å². The van der Waals surface area contributed by atoms with Gasteiger partial charge in [-0.25, -0.2) is 0 Å². The Bertz CT molecular complexity index is 295. The molecule has 0 fully saturated rings. The fraction of sp³-hybridized carbons (Fsp3) is 0. The molecule has 0 saturated carbocycles. The van der Waals surface area contributed by atoms with Crippen molar-refractivity contribution in [2.45, 2.75) is 0 Å². The quantitative estimate of drug-likeness (QED) is 0.432. The SMILES string of the molecule is C=O.[CH3-].[Na+].c1ccc2ccccc2c1. The van der Waals surface area contributed by atoms with Crippen molar-refractivity contribution in [3.8, 4) is 0 Å². The predicted octanol–water partition coefficient (Wildman–Crippen LogP) is 0.109. The molecule has 0 aliphatic carbocycles. The van der Waals surface area contributed by atoms with Crippen LogP contribution in [0.1, 0.15) is 0 Å². The fourth-order valence-corrected chi connectivity index (χ4v) is 1.13. The van der Waals surface area contributed by atoms with E-state index < -0.39 is 0 Å². The van der Waals surface area contributed by atoms with Gasteiger partial charge in [0, 0.05) is 0 Å². The van der Waals surface area contributed by atoms with Crippen molar-refractivity contribution in [3.05, 3.63) is 56.0 Å². The van der Waals surface area contributed by atoms with E-state index in [0.29, 0.717) is 0 Å². The molecule has 2 rings (SSSR count). The maximum absolute atomic E-state index is 8.00. The maximum Gasteiger partial charge on any atom is 1.00 e. The van der Waals surface area contributed by atoms with Gasteiger partial charge in [0.2, 0.25) is 0 Å². The van der Waals surface area contributed by atoms with Crippen molar-refractivity contribution in [1.29, 1.82) is 0 Å². The van der Waals surface area contributed by atoms with Gasteiger partial charge in [0.05, 0.1) is 0 Å². The Morgan fingerprint density at radius 3 is 1.14 bits per heavy atom. The summed E-state index contributed by atoms with van der Waals surface area (Å²) >= 11 is 0. The second-order valence-electron chi connectivity index (χ2n) is 2.35. The Balaban J connectivity index is 0. The van der Waals surface area contributed by atoms with Crippen molar-refractivity contribution in [3.63, 3.8) is 0 Å². The second-order valence-corrected chi connectivity index (χ2v) is 2.35. The van der Waals surface area contributed by atoms with Crippen LogP contribution in [0.2, 0.25) is 0 Å². The molecule has 0 bridgehead atoms. The Hall–Kier alpha value is -0.630. The average Bonchev–Trinajstić information content (AvgIpc) is 2.21. The van der Waals surface area contributed by atoms with Gasteiger partial charge in [-0.3, -0.25) is 0 Å². The van der Waals surface area contributed by atoms with Gasteiger partial charge >= 0.3 is 29.6 Å². The minimum Gasteiger partial charge on any atom is -0.358 e. The zero-order valence-electron chi connectivity index (χ0n) is 8.73. The van der Waals surface area contributed by atoms with Gasteiger partial charge in [0.15, 0.2) is 0 Å². The third-order valence-electron chi connectivity index (χ3n) is 1.66. The van der Waals surface area contributed by atoms with Crippen LogP contribution in [-0.4, -0.2) is 6.79 Å². The van der Waals surface area contributed by atoms with Crippen LogP contribution in [0.4, 0.5) is 0 Å². The minimum atomic E-state index is 0. The molecule has 1 nitrogen and oxygen atoms in total. The summed E-state index contributed by atoms with van der Waals surface area (Å²) in [5.74, 6) is 0. The van der Waals surface area contributed by atoms with E-state index in [0.717, 1.165) is 0 Å². The van der Waals surface area contributed by atoms with E-state index in [-0.39, 0.29) is 37.0 Å². The number of benzene rings is 2. The first-order chi connectivity index (χ1) is 5.97. The smallest absolute Gasteiger partial charge is 0.358 e. The largest absolute Gasteiger partial charge is 1.00 e. The summed E-state index contributed by atoms with van der Waals surface area (Å²) in [7, 11) is 0. The van der Waals surface area contributed by atoms with Gasteiger partial charge in [-0.1, -0.05) is 48.5 Å². The molecule has 0 aromatic heterocycles. The van der Waals surface area contributed by atoms with Gasteiger partial charge in [-0.2, -0.15) is 0 Å². The van der Waals surface area contributed by atoms with Gasteiger partial charge in [0.1, 0.15) is 6.79 Å². The monoisotopic (exact) mass is 196 g/mol. The fourth-order valence-electron chi connectivity index (χ4n) is 1.13. The third-order valence-corrected chi connectivity index (χ3v) is 1.66. The molecule has 0 unspecified atom stereocenters. The van der Waals surface area contributed by atoms with Crippen LogP contribution in [0.3, 0.4) is 0 Å². The van der Waals surface area contributed by atoms with Crippen LogP contribution < -0.4 is 29.6 Å². The molecule has 0 aliphatic rings. The average molecular weight is 196 g/mol. The van der Waals surface area contributed by atoms with Crippen molar-refractivity contribution >= 4 is 17.6 Å². The van der Waals surface area contributed by atoms with Crippen LogP contribution in [0.5, 0.6) is 0 Å². The number of fused-ring (bicyclic) bond motifs is 1. The summed E-state index contributed by atoms with van der Waals surface area (Å²) < 4.78 is 0. The minimum absolute atomic E-state index is 0. The first-order valence-corrected chi connectivity index (χ1v) is 3.69. The molecule has 0 radical (unpaired) electrons. The summed E-state index contributed by atoms with van der Waals surface area (Å²) in [5.41, 5.74) is 0. The molecule has 0 amide bonds. The van der Waals surface area contributed by atoms with Gasteiger partial charge in [-0.05, 0) is 10.8 Å². The zero-order valence-corrected chi connectivity index (χ0v) is 10.7. The van der Waals surface area contributed by atoms with E-state index in [9.17, 15) is 0 Å².